The van der Waals surface area contributed by atoms with Gasteiger partial charge in [0.1, 0.15) is 5.69 Å². The second-order valence-electron chi connectivity index (χ2n) is 7.63. The minimum Gasteiger partial charge on any atom is -0.337 e. The zero-order chi connectivity index (χ0) is 22.5. The van der Waals surface area contributed by atoms with E-state index in [-0.39, 0.29) is 12.3 Å². The van der Waals surface area contributed by atoms with Crippen LogP contribution in [0.25, 0.3) is 33.5 Å². The number of rotatable bonds is 6. The predicted molar refractivity (Wildman–Crippen MR) is 129 cm³/mol. The third kappa shape index (κ3) is 4.57. The number of aromatic nitrogens is 2. The van der Waals surface area contributed by atoms with Crippen molar-refractivity contribution in [3.05, 3.63) is 115 Å². The molecule has 0 unspecified atom stereocenters. The Labute approximate surface area is 191 Å². The molecule has 0 atom stereocenters. The molecule has 33 heavy (non-hydrogen) atoms. The Balaban J connectivity index is 1.48. The van der Waals surface area contributed by atoms with Gasteiger partial charge in [0, 0.05) is 18.0 Å². The highest BCUT2D eigenvalue weighted by molar-refractivity contribution is 5.98. The van der Waals surface area contributed by atoms with Crippen LogP contribution in [0.3, 0.4) is 0 Å². The van der Waals surface area contributed by atoms with E-state index in [0.29, 0.717) is 11.6 Å². The van der Waals surface area contributed by atoms with Gasteiger partial charge in [-0.2, -0.15) is 0 Å². The van der Waals surface area contributed by atoms with Crippen molar-refractivity contribution in [3.8, 4) is 33.5 Å². The van der Waals surface area contributed by atoms with Crippen molar-refractivity contribution < 1.29 is 9.32 Å². The van der Waals surface area contributed by atoms with Gasteiger partial charge in [-0.3, -0.25) is 15.1 Å². The molecule has 0 aliphatic rings. The molecule has 0 bridgehead atoms. The van der Waals surface area contributed by atoms with E-state index in [1.54, 1.807) is 12.4 Å². The quantitative estimate of drug-likeness (QED) is 0.345. The Bertz CT molecular complexity index is 1350. The first-order valence-corrected chi connectivity index (χ1v) is 10.7. The van der Waals surface area contributed by atoms with Gasteiger partial charge in [0.05, 0.1) is 12.0 Å². The molecule has 0 saturated heterocycles. The van der Waals surface area contributed by atoms with Crippen LogP contribution in [0.15, 0.2) is 114 Å². The highest BCUT2D eigenvalue weighted by Gasteiger charge is 2.21. The zero-order valence-electron chi connectivity index (χ0n) is 17.8. The highest BCUT2D eigenvalue weighted by atomic mass is 16.5. The van der Waals surface area contributed by atoms with Crippen LogP contribution >= 0.6 is 0 Å². The molecule has 5 rings (SSSR count). The van der Waals surface area contributed by atoms with E-state index < -0.39 is 0 Å². The lowest BCUT2D eigenvalue weighted by atomic mass is 9.99. The van der Waals surface area contributed by atoms with Gasteiger partial charge in [0.2, 0.25) is 11.8 Å². The van der Waals surface area contributed by atoms with E-state index in [4.69, 9.17) is 4.52 Å². The van der Waals surface area contributed by atoms with Gasteiger partial charge in [0.15, 0.2) is 0 Å². The largest absolute Gasteiger partial charge is 0.337 e. The summed E-state index contributed by atoms with van der Waals surface area (Å²) in [6, 6.07) is 31.7. The molecule has 160 valence electrons. The molecule has 2 heterocycles. The number of pyridine rings is 1. The first-order chi connectivity index (χ1) is 16.3. The minimum atomic E-state index is -0.168. The summed E-state index contributed by atoms with van der Waals surface area (Å²) in [5, 5.41) is 7.21. The number of amides is 1. The van der Waals surface area contributed by atoms with Gasteiger partial charge >= 0.3 is 0 Å². The fourth-order valence-corrected chi connectivity index (χ4v) is 3.76. The van der Waals surface area contributed by atoms with Gasteiger partial charge in [-0.1, -0.05) is 90.1 Å². The fourth-order valence-electron chi connectivity index (χ4n) is 3.76. The summed E-state index contributed by atoms with van der Waals surface area (Å²) < 4.78 is 5.63. The molecule has 1 amide bonds. The minimum absolute atomic E-state index is 0.168. The van der Waals surface area contributed by atoms with Gasteiger partial charge in [-0.25, -0.2) is 0 Å². The number of carbonyl (C=O) groups is 1. The summed E-state index contributed by atoms with van der Waals surface area (Å²) in [7, 11) is 0. The molecule has 0 fully saturated rings. The van der Waals surface area contributed by atoms with Crippen molar-refractivity contribution in [2.24, 2.45) is 0 Å². The molecule has 5 aromatic rings. The maximum Gasteiger partial charge on any atom is 0.239 e. The van der Waals surface area contributed by atoms with Crippen molar-refractivity contribution in [2.75, 3.05) is 5.32 Å². The van der Waals surface area contributed by atoms with Crippen molar-refractivity contribution in [1.29, 1.82) is 0 Å². The fraction of sp³-hybridized carbons (Fsp3) is 0.0357. The predicted octanol–water partition coefficient (Wildman–Crippen LogP) is 6.25. The van der Waals surface area contributed by atoms with Crippen LogP contribution in [0.5, 0.6) is 0 Å². The summed E-state index contributed by atoms with van der Waals surface area (Å²) >= 11 is 0. The number of carbonyl (C=O) groups excluding carboxylic acids is 1. The number of nitrogens with one attached hydrogen (secondary N) is 1. The Morgan fingerprint density at radius 1 is 0.697 bits per heavy atom. The normalized spacial score (nSPS) is 10.7. The van der Waals surface area contributed by atoms with E-state index >= 15 is 0 Å². The van der Waals surface area contributed by atoms with E-state index in [1.165, 1.54) is 0 Å². The van der Waals surface area contributed by atoms with E-state index in [0.717, 1.165) is 33.4 Å². The number of hydrogen-bond acceptors (Lipinski definition) is 4. The van der Waals surface area contributed by atoms with Crippen LogP contribution in [0, 0.1) is 0 Å². The molecule has 0 aliphatic heterocycles. The summed E-state index contributed by atoms with van der Waals surface area (Å²) in [5.41, 5.74) is 6.34. The molecule has 0 aliphatic carbocycles. The number of hydrogen-bond donors (Lipinski definition) is 1. The maximum atomic E-state index is 12.7. The van der Waals surface area contributed by atoms with Crippen LogP contribution in [0.1, 0.15) is 5.56 Å². The van der Waals surface area contributed by atoms with Crippen LogP contribution in [-0.4, -0.2) is 16.0 Å². The first-order valence-electron chi connectivity index (χ1n) is 10.7. The second kappa shape index (κ2) is 9.32. The lowest BCUT2D eigenvalue weighted by molar-refractivity contribution is -0.115. The molecule has 5 heteroatoms. The highest BCUT2D eigenvalue weighted by Crippen LogP contribution is 2.38. The van der Waals surface area contributed by atoms with Gasteiger partial charge in [-0.15, -0.1) is 0 Å². The van der Waals surface area contributed by atoms with E-state index in [1.807, 2.05) is 72.8 Å². The van der Waals surface area contributed by atoms with Crippen LogP contribution in [-0.2, 0) is 11.2 Å². The van der Waals surface area contributed by atoms with Crippen LogP contribution in [0.4, 0.5) is 5.88 Å². The second-order valence-corrected chi connectivity index (χ2v) is 7.63. The van der Waals surface area contributed by atoms with Gasteiger partial charge in [-0.05, 0) is 34.4 Å². The van der Waals surface area contributed by atoms with Crippen molar-refractivity contribution in [3.63, 3.8) is 0 Å². The topological polar surface area (TPSA) is 68.0 Å². The Morgan fingerprint density at radius 3 is 2.00 bits per heavy atom. The molecular weight excluding hydrogens is 410 g/mol. The molecule has 5 nitrogen and oxygen atoms in total. The van der Waals surface area contributed by atoms with Crippen LogP contribution in [0.2, 0.25) is 0 Å². The lowest BCUT2D eigenvalue weighted by Crippen LogP contribution is -2.14. The standard InChI is InChI=1S/C28H21N3O2/c32-25(19-20-7-3-1-4-8-20)30-28-26(23-15-17-29-18-16-23)27(31-33-28)24-13-11-22(12-14-24)21-9-5-2-6-10-21/h1-18H,19H2,(H,30,32). The summed E-state index contributed by atoms with van der Waals surface area (Å²) in [6.45, 7) is 0. The third-order valence-corrected chi connectivity index (χ3v) is 5.39. The summed E-state index contributed by atoms with van der Waals surface area (Å²) in [5.74, 6) is 0.155. The average molecular weight is 431 g/mol. The van der Waals surface area contributed by atoms with Crippen molar-refractivity contribution >= 4 is 11.8 Å². The monoisotopic (exact) mass is 431 g/mol. The Hall–Kier alpha value is -4.51. The van der Waals surface area contributed by atoms with E-state index in [9.17, 15) is 4.79 Å². The SMILES string of the molecule is O=C(Cc1ccccc1)Nc1onc(-c2ccc(-c3ccccc3)cc2)c1-c1ccncc1. The molecule has 1 N–H and O–H groups in total. The Morgan fingerprint density at radius 2 is 1.30 bits per heavy atom. The van der Waals surface area contributed by atoms with Crippen molar-refractivity contribution in [2.45, 2.75) is 6.42 Å². The molecule has 0 saturated carbocycles. The number of anilines is 1. The van der Waals surface area contributed by atoms with Crippen LogP contribution < -0.4 is 5.32 Å². The average Bonchev–Trinajstić information content (AvgIpc) is 3.29. The molecular formula is C28H21N3O2. The molecule has 2 aromatic heterocycles. The van der Waals surface area contributed by atoms with E-state index in [2.05, 4.69) is 39.7 Å². The number of nitrogens with zero attached hydrogens (tertiary/aromatic N) is 2. The third-order valence-electron chi connectivity index (χ3n) is 5.39. The van der Waals surface area contributed by atoms with Gasteiger partial charge < -0.3 is 4.52 Å². The Kier molecular flexibility index (Phi) is 5.76. The number of benzene rings is 3. The lowest BCUT2D eigenvalue weighted by Gasteiger charge is -2.07. The summed E-state index contributed by atoms with van der Waals surface area (Å²) in [6.07, 6.45) is 3.67. The first kappa shape index (κ1) is 20.4. The maximum absolute atomic E-state index is 12.7. The summed E-state index contributed by atoms with van der Waals surface area (Å²) in [4.78, 5) is 16.8. The van der Waals surface area contributed by atoms with Crippen molar-refractivity contribution in [1.82, 2.24) is 10.1 Å². The zero-order valence-corrected chi connectivity index (χ0v) is 17.8. The van der Waals surface area contributed by atoms with Gasteiger partial charge in [0.25, 0.3) is 0 Å². The molecule has 0 spiro atoms. The smallest absolute Gasteiger partial charge is 0.239 e. The molecule has 0 radical (unpaired) electrons. The molecule has 3 aromatic carbocycles.